The minimum atomic E-state index is -0.352. The van der Waals surface area contributed by atoms with E-state index < -0.39 is 0 Å². The Balaban J connectivity index is 1.34. The molecule has 9 nitrogen and oxygen atoms in total. The molecular formula is C16H14N6O3. The molecule has 3 heterocycles. The maximum absolute atomic E-state index is 12.0. The molecule has 1 aliphatic rings. The van der Waals surface area contributed by atoms with Crippen molar-refractivity contribution < 1.29 is 14.3 Å². The van der Waals surface area contributed by atoms with E-state index in [9.17, 15) is 4.79 Å². The number of carbonyl (C=O) groups excluding carboxylic acids is 1. The zero-order valence-corrected chi connectivity index (χ0v) is 13.0. The van der Waals surface area contributed by atoms with Gasteiger partial charge >= 0.3 is 6.03 Å². The zero-order valence-electron chi connectivity index (χ0n) is 13.0. The Bertz CT molecular complexity index is 896. The molecular weight excluding hydrogens is 324 g/mol. The van der Waals surface area contributed by atoms with E-state index >= 15 is 0 Å². The topological polar surface area (TPSA) is 103 Å². The van der Waals surface area contributed by atoms with E-state index in [1.54, 1.807) is 41.5 Å². The van der Waals surface area contributed by atoms with Crippen molar-refractivity contribution in [2.24, 2.45) is 0 Å². The van der Waals surface area contributed by atoms with E-state index in [2.05, 4.69) is 25.9 Å². The summed E-state index contributed by atoms with van der Waals surface area (Å²) in [6, 6.07) is 8.53. The van der Waals surface area contributed by atoms with Crippen molar-refractivity contribution in [3.05, 3.63) is 54.6 Å². The summed E-state index contributed by atoms with van der Waals surface area (Å²) in [5.74, 6) is 1.27. The lowest BCUT2D eigenvalue weighted by Crippen LogP contribution is -2.28. The van der Waals surface area contributed by atoms with Gasteiger partial charge in [-0.1, -0.05) is 5.21 Å². The van der Waals surface area contributed by atoms with Crippen LogP contribution in [-0.2, 0) is 6.54 Å². The average molecular weight is 338 g/mol. The third-order valence-corrected chi connectivity index (χ3v) is 3.51. The number of ether oxygens (including phenoxy) is 2. The molecule has 0 fully saturated rings. The van der Waals surface area contributed by atoms with E-state index in [0.717, 1.165) is 5.69 Å². The van der Waals surface area contributed by atoms with E-state index in [1.807, 2.05) is 12.1 Å². The highest BCUT2D eigenvalue weighted by Gasteiger charge is 2.14. The molecule has 0 atom stereocenters. The van der Waals surface area contributed by atoms with Gasteiger partial charge in [0.25, 0.3) is 0 Å². The van der Waals surface area contributed by atoms with Gasteiger partial charge in [0.1, 0.15) is 5.69 Å². The summed E-state index contributed by atoms with van der Waals surface area (Å²) in [5.41, 5.74) is 2.04. The van der Waals surface area contributed by atoms with Crippen LogP contribution in [0, 0.1) is 0 Å². The van der Waals surface area contributed by atoms with Crippen molar-refractivity contribution in [2.75, 3.05) is 12.1 Å². The predicted octanol–water partition coefficient (Wildman–Crippen LogP) is 1.71. The van der Waals surface area contributed by atoms with Gasteiger partial charge in [0.2, 0.25) is 6.79 Å². The number of carbonyl (C=O) groups is 1. The Morgan fingerprint density at radius 1 is 1.24 bits per heavy atom. The lowest BCUT2D eigenvalue weighted by Gasteiger charge is -2.07. The molecule has 2 N–H and O–H groups in total. The standard InChI is InChI=1S/C16H14N6O3/c23-16(19-11-3-4-14-15(6-11)25-10-24-14)18-7-12-9-22(21-20-12)13-2-1-5-17-8-13/h1-6,8-9H,7,10H2,(H2,18,19,23). The Labute approximate surface area is 142 Å². The second-order valence-corrected chi connectivity index (χ2v) is 5.24. The predicted molar refractivity (Wildman–Crippen MR) is 87.6 cm³/mol. The van der Waals surface area contributed by atoms with Gasteiger partial charge in [-0.25, -0.2) is 9.48 Å². The Kier molecular flexibility index (Phi) is 3.87. The average Bonchev–Trinajstić information content (AvgIpc) is 3.30. The van der Waals surface area contributed by atoms with Crippen LogP contribution < -0.4 is 20.1 Å². The maximum atomic E-state index is 12.0. The van der Waals surface area contributed by atoms with Crippen LogP contribution >= 0.6 is 0 Å². The minimum Gasteiger partial charge on any atom is -0.454 e. The monoisotopic (exact) mass is 338 g/mol. The lowest BCUT2D eigenvalue weighted by molar-refractivity contribution is 0.174. The first-order chi connectivity index (χ1) is 12.3. The second-order valence-electron chi connectivity index (χ2n) is 5.24. The normalized spacial score (nSPS) is 12.0. The summed E-state index contributed by atoms with van der Waals surface area (Å²) in [7, 11) is 0. The van der Waals surface area contributed by atoms with Crippen LogP contribution in [0.15, 0.2) is 48.9 Å². The van der Waals surface area contributed by atoms with Gasteiger partial charge in [-0.15, -0.1) is 5.10 Å². The SMILES string of the molecule is O=C(NCc1cn(-c2cccnc2)nn1)Nc1ccc2c(c1)OCO2. The maximum Gasteiger partial charge on any atom is 0.319 e. The van der Waals surface area contributed by atoms with Gasteiger partial charge < -0.3 is 20.1 Å². The van der Waals surface area contributed by atoms with E-state index in [4.69, 9.17) is 9.47 Å². The number of rotatable bonds is 4. The number of urea groups is 1. The lowest BCUT2D eigenvalue weighted by atomic mass is 10.3. The molecule has 1 aromatic carbocycles. The van der Waals surface area contributed by atoms with Gasteiger partial charge in [-0.3, -0.25) is 4.98 Å². The van der Waals surface area contributed by atoms with Crippen molar-refractivity contribution >= 4 is 11.7 Å². The molecule has 2 aromatic heterocycles. The summed E-state index contributed by atoms with van der Waals surface area (Å²) in [4.78, 5) is 16.0. The molecule has 0 radical (unpaired) electrons. The smallest absolute Gasteiger partial charge is 0.319 e. The molecule has 3 aromatic rings. The highest BCUT2D eigenvalue weighted by molar-refractivity contribution is 5.89. The van der Waals surface area contributed by atoms with Gasteiger partial charge in [-0.2, -0.15) is 0 Å². The molecule has 2 amide bonds. The number of pyridine rings is 1. The van der Waals surface area contributed by atoms with Gasteiger partial charge in [0, 0.05) is 18.0 Å². The Hall–Kier alpha value is -3.62. The van der Waals surface area contributed by atoms with E-state index in [0.29, 0.717) is 22.9 Å². The summed E-state index contributed by atoms with van der Waals surface area (Å²) < 4.78 is 12.1. The molecule has 0 spiro atoms. The fourth-order valence-electron chi connectivity index (χ4n) is 2.32. The number of hydrogen-bond acceptors (Lipinski definition) is 6. The minimum absolute atomic E-state index is 0.192. The third-order valence-electron chi connectivity index (χ3n) is 3.51. The number of nitrogens with one attached hydrogen (secondary N) is 2. The summed E-state index contributed by atoms with van der Waals surface area (Å²) in [6.07, 6.45) is 5.10. The molecule has 0 aliphatic carbocycles. The van der Waals surface area contributed by atoms with Crippen molar-refractivity contribution in [1.29, 1.82) is 0 Å². The number of aromatic nitrogens is 4. The van der Waals surface area contributed by atoms with Crippen LogP contribution in [0.25, 0.3) is 5.69 Å². The molecule has 1 aliphatic heterocycles. The highest BCUT2D eigenvalue weighted by Crippen LogP contribution is 2.34. The first-order valence-corrected chi connectivity index (χ1v) is 7.54. The summed E-state index contributed by atoms with van der Waals surface area (Å²) >= 11 is 0. The van der Waals surface area contributed by atoms with Crippen LogP contribution in [0.2, 0.25) is 0 Å². The van der Waals surface area contributed by atoms with Crippen LogP contribution in [0.3, 0.4) is 0 Å². The third kappa shape index (κ3) is 3.34. The number of fused-ring (bicyclic) bond motifs is 1. The first kappa shape index (κ1) is 14.9. The summed E-state index contributed by atoms with van der Waals surface area (Å²) in [5, 5.41) is 13.5. The number of amides is 2. The summed E-state index contributed by atoms with van der Waals surface area (Å²) in [6.45, 7) is 0.439. The molecule has 0 bridgehead atoms. The quantitative estimate of drug-likeness (QED) is 0.751. The highest BCUT2D eigenvalue weighted by atomic mass is 16.7. The van der Waals surface area contributed by atoms with Crippen LogP contribution in [0.5, 0.6) is 11.5 Å². The van der Waals surface area contributed by atoms with Gasteiger partial charge in [-0.05, 0) is 24.3 Å². The van der Waals surface area contributed by atoms with Crippen molar-refractivity contribution in [2.45, 2.75) is 6.54 Å². The van der Waals surface area contributed by atoms with Crippen LogP contribution in [0.4, 0.5) is 10.5 Å². The number of hydrogen-bond donors (Lipinski definition) is 2. The largest absolute Gasteiger partial charge is 0.454 e. The van der Waals surface area contributed by atoms with Gasteiger partial charge in [0.05, 0.1) is 24.6 Å². The molecule has 0 saturated carbocycles. The molecule has 9 heteroatoms. The molecule has 25 heavy (non-hydrogen) atoms. The Morgan fingerprint density at radius 2 is 2.16 bits per heavy atom. The molecule has 0 unspecified atom stereocenters. The number of benzene rings is 1. The van der Waals surface area contributed by atoms with Crippen LogP contribution in [0.1, 0.15) is 5.69 Å². The fourth-order valence-corrected chi connectivity index (χ4v) is 2.32. The van der Waals surface area contributed by atoms with Crippen molar-refractivity contribution in [3.63, 3.8) is 0 Å². The number of nitrogens with zero attached hydrogens (tertiary/aromatic N) is 4. The number of anilines is 1. The molecule has 0 saturated heterocycles. The van der Waals surface area contributed by atoms with Crippen molar-refractivity contribution in [1.82, 2.24) is 25.3 Å². The van der Waals surface area contributed by atoms with Gasteiger partial charge in [0.15, 0.2) is 11.5 Å². The van der Waals surface area contributed by atoms with E-state index in [-0.39, 0.29) is 19.4 Å². The molecule has 4 rings (SSSR count). The first-order valence-electron chi connectivity index (χ1n) is 7.54. The second kappa shape index (κ2) is 6.48. The van der Waals surface area contributed by atoms with E-state index in [1.165, 1.54) is 0 Å². The zero-order chi connectivity index (χ0) is 17.1. The fraction of sp³-hybridized carbons (Fsp3) is 0.125. The van der Waals surface area contributed by atoms with Crippen molar-refractivity contribution in [3.8, 4) is 17.2 Å². The Morgan fingerprint density at radius 3 is 3.04 bits per heavy atom. The van der Waals surface area contributed by atoms with Crippen LogP contribution in [-0.4, -0.2) is 32.8 Å². The molecule has 126 valence electrons.